The Morgan fingerprint density at radius 3 is 2.29 bits per heavy atom. The van der Waals surface area contributed by atoms with Crippen LogP contribution in [0, 0.1) is 0 Å². The van der Waals surface area contributed by atoms with Crippen molar-refractivity contribution in [3.05, 3.63) is 27.1 Å². The number of hydrogen-bond donors (Lipinski definition) is 2. The third-order valence-electron chi connectivity index (χ3n) is 2.71. The average molecular weight is 419 g/mol. The molecule has 2 aromatic rings. The highest BCUT2D eigenvalue weighted by Gasteiger charge is 2.27. The van der Waals surface area contributed by atoms with Crippen molar-refractivity contribution in [2.24, 2.45) is 0 Å². The fraction of sp³-hybridized carbons (Fsp3) is 0.308. The standard InChI is InChI=1S/C13H14BBr2NO4/c1-13(2,3)21-12(18)17-10-6-9(16)8(15)4-7(10)5-11(17)14(19)20/h4-6,19-20H,1-3H3. The summed E-state index contributed by atoms with van der Waals surface area (Å²) in [6.07, 6.45) is -0.658. The molecular formula is C13H14BBr2NO4. The molecule has 0 atom stereocenters. The molecule has 2 rings (SSSR count). The number of halogens is 2. The van der Waals surface area contributed by atoms with Gasteiger partial charge in [-0.05, 0) is 70.8 Å². The Labute approximate surface area is 139 Å². The Bertz CT molecular complexity index is 706. The molecule has 5 nitrogen and oxygen atoms in total. The largest absolute Gasteiger partial charge is 0.506 e. The van der Waals surface area contributed by atoms with Crippen LogP contribution in [0.15, 0.2) is 27.1 Å². The van der Waals surface area contributed by atoms with Crippen molar-refractivity contribution in [3.63, 3.8) is 0 Å². The Morgan fingerprint density at radius 1 is 1.19 bits per heavy atom. The van der Waals surface area contributed by atoms with Crippen LogP contribution in [0.3, 0.4) is 0 Å². The first-order valence-electron chi connectivity index (χ1n) is 6.20. The van der Waals surface area contributed by atoms with Gasteiger partial charge in [0.2, 0.25) is 0 Å². The van der Waals surface area contributed by atoms with Gasteiger partial charge in [-0.1, -0.05) is 0 Å². The second-order valence-electron chi connectivity index (χ2n) is 5.58. The van der Waals surface area contributed by atoms with Crippen LogP contribution in [0.4, 0.5) is 4.79 Å². The van der Waals surface area contributed by atoms with Crippen LogP contribution in [0.2, 0.25) is 0 Å². The summed E-state index contributed by atoms with van der Waals surface area (Å²) in [5.74, 6) is 0. The Hall–Kier alpha value is -0.825. The maximum Gasteiger partial charge on any atom is 0.506 e. The van der Waals surface area contributed by atoms with Crippen LogP contribution in [0.5, 0.6) is 0 Å². The van der Waals surface area contributed by atoms with Gasteiger partial charge in [0, 0.05) is 14.3 Å². The van der Waals surface area contributed by atoms with Gasteiger partial charge in [0.25, 0.3) is 0 Å². The number of ether oxygens (including phenoxy) is 1. The second kappa shape index (κ2) is 5.76. The Kier molecular flexibility index (Phi) is 4.53. The molecule has 112 valence electrons. The van der Waals surface area contributed by atoms with E-state index in [9.17, 15) is 14.8 Å². The van der Waals surface area contributed by atoms with Gasteiger partial charge < -0.3 is 14.8 Å². The zero-order chi connectivity index (χ0) is 15.9. The van der Waals surface area contributed by atoms with Crippen molar-refractivity contribution in [1.29, 1.82) is 0 Å². The third kappa shape index (κ3) is 3.50. The normalized spacial score (nSPS) is 11.8. The van der Waals surface area contributed by atoms with Crippen LogP contribution in [-0.2, 0) is 4.74 Å². The molecule has 0 aliphatic carbocycles. The summed E-state index contributed by atoms with van der Waals surface area (Å²) < 4.78 is 8.04. The van der Waals surface area contributed by atoms with E-state index in [-0.39, 0.29) is 5.59 Å². The van der Waals surface area contributed by atoms with E-state index >= 15 is 0 Å². The maximum absolute atomic E-state index is 12.3. The lowest BCUT2D eigenvalue weighted by molar-refractivity contribution is 0.0547. The molecule has 1 aromatic heterocycles. The molecular weight excluding hydrogens is 405 g/mol. The minimum Gasteiger partial charge on any atom is -0.443 e. The molecule has 0 aliphatic heterocycles. The van der Waals surface area contributed by atoms with Crippen LogP contribution in [0.25, 0.3) is 10.9 Å². The molecule has 0 saturated carbocycles. The van der Waals surface area contributed by atoms with Crippen LogP contribution < -0.4 is 5.59 Å². The Morgan fingerprint density at radius 2 is 1.76 bits per heavy atom. The second-order valence-corrected chi connectivity index (χ2v) is 7.29. The van der Waals surface area contributed by atoms with Crippen molar-refractivity contribution in [1.82, 2.24) is 4.57 Å². The quantitative estimate of drug-likeness (QED) is 0.698. The minimum absolute atomic E-state index is 0.0595. The van der Waals surface area contributed by atoms with Gasteiger partial charge in [0.15, 0.2) is 0 Å². The fourth-order valence-electron chi connectivity index (χ4n) is 1.93. The molecule has 8 heteroatoms. The predicted octanol–water partition coefficient (Wildman–Crippen LogP) is 2.63. The number of nitrogens with zero attached hydrogens (tertiary/aromatic N) is 1. The topological polar surface area (TPSA) is 71.7 Å². The maximum atomic E-state index is 12.3. The summed E-state index contributed by atoms with van der Waals surface area (Å²) in [5, 5.41) is 19.7. The number of carbonyl (C=O) groups excluding carboxylic acids is 1. The lowest BCUT2D eigenvalue weighted by Crippen LogP contribution is -2.41. The SMILES string of the molecule is CC(C)(C)OC(=O)n1c(B(O)O)cc2cc(Br)c(Br)cc21. The highest BCUT2D eigenvalue weighted by atomic mass is 79.9. The van der Waals surface area contributed by atoms with E-state index in [1.54, 1.807) is 39.0 Å². The number of hydrogen-bond acceptors (Lipinski definition) is 4. The zero-order valence-corrected chi connectivity index (χ0v) is 14.9. The summed E-state index contributed by atoms with van der Waals surface area (Å²) in [6, 6.07) is 5.04. The smallest absolute Gasteiger partial charge is 0.443 e. The van der Waals surface area contributed by atoms with E-state index in [0.29, 0.717) is 10.9 Å². The third-order valence-corrected chi connectivity index (χ3v) is 4.56. The van der Waals surface area contributed by atoms with E-state index in [0.717, 1.165) is 8.95 Å². The molecule has 21 heavy (non-hydrogen) atoms. The molecule has 0 unspecified atom stereocenters. The summed E-state index contributed by atoms with van der Waals surface area (Å²) >= 11 is 6.75. The molecule has 0 saturated heterocycles. The van der Waals surface area contributed by atoms with Crippen molar-refractivity contribution in [3.8, 4) is 0 Å². The van der Waals surface area contributed by atoms with Gasteiger partial charge in [-0.3, -0.25) is 4.57 Å². The lowest BCUT2D eigenvalue weighted by Gasteiger charge is -2.21. The first-order chi connectivity index (χ1) is 9.60. The van der Waals surface area contributed by atoms with E-state index in [1.807, 2.05) is 0 Å². The van der Waals surface area contributed by atoms with E-state index in [2.05, 4.69) is 31.9 Å². The van der Waals surface area contributed by atoms with Gasteiger partial charge in [-0.15, -0.1) is 0 Å². The number of benzene rings is 1. The average Bonchev–Trinajstić information content (AvgIpc) is 2.66. The van der Waals surface area contributed by atoms with Gasteiger partial charge in [-0.2, -0.15) is 0 Å². The molecule has 0 amide bonds. The van der Waals surface area contributed by atoms with Crippen molar-refractivity contribution >= 4 is 61.6 Å². The summed E-state index contributed by atoms with van der Waals surface area (Å²) in [4.78, 5) is 12.3. The number of aromatic nitrogens is 1. The zero-order valence-electron chi connectivity index (χ0n) is 11.7. The van der Waals surface area contributed by atoms with E-state index < -0.39 is 18.8 Å². The molecule has 0 bridgehead atoms. The summed E-state index contributed by atoms with van der Waals surface area (Å²) in [7, 11) is -1.78. The van der Waals surface area contributed by atoms with Crippen LogP contribution in [0.1, 0.15) is 20.8 Å². The monoisotopic (exact) mass is 417 g/mol. The first-order valence-corrected chi connectivity index (χ1v) is 7.78. The highest BCUT2D eigenvalue weighted by Crippen LogP contribution is 2.29. The molecule has 0 radical (unpaired) electrons. The molecule has 1 heterocycles. The molecule has 0 fully saturated rings. The Balaban J connectivity index is 2.66. The predicted molar refractivity (Wildman–Crippen MR) is 88.8 cm³/mol. The van der Waals surface area contributed by atoms with Crippen molar-refractivity contribution < 1.29 is 19.6 Å². The fourth-order valence-corrected chi connectivity index (χ4v) is 2.62. The highest BCUT2D eigenvalue weighted by molar-refractivity contribution is 9.13. The number of rotatable bonds is 1. The van der Waals surface area contributed by atoms with Gasteiger partial charge in [0.1, 0.15) is 5.60 Å². The number of carbonyl (C=O) groups is 1. The van der Waals surface area contributed by atoms with E-state index in [4.69, 9.17) is 4.74 Å². The first kappa shape index (κ1) is 16.5. The summed E-state index contributed by atoms with van der Waals surface area (Å²) in [5.41, 5.74) is -0.0931. The van der Waals surface area contributed by atoms with Gasteiger partial charge in [-0.25, -0.2) is 4.79 Å². The molecule has 0 aliphatic rings. The minimum atomic E-state index is -1.78. The summed E-state index contributed by atoms with van der Waals surface area (Å²) in [6.45, 7) is 5.24. The molecule has 1 aromatic carbocycles. The van der Waals surface area contributed by atoms with Crippen LogP contribution in [-0.4, -0.2) is 33.4 Å². The van der Waals surface area contributed by atoms with E-state index in [1.165, 1.54) is 4.57 Å². The molecule has 0 spiro atoms. The molecule has 2 N–H and O–H groups in total. The van der Waals surface area contributed by atoms with Gasteiger partial charge in [0.05, 0.1) is 11.1 Å². The van der Waals surface area contributed by atoms with Crippen molar-refractivity contribution in [2.75, 3.05) is 0 Å². The van der Waals surface area contributed by atoms with Gasteiger partial charge >= 0.3 is 13.2 Å². The number of fused-ring (bicyclic) bond motifs is 1. The van der Waals surface area contributed by atoms with Crippen molar-refractivity contribution in [2.45, 2.75) is 26.4 Å². The van der Waals surface area contributed by atoms with Crippen LogP contribution >= 0.6 is 31.9 Å². The lowest BCUT2D eigenvalue weighted by atomic mass is 9.86.